The maximum absolute atomic E-state index is 13.0. The molecule has 0 heterocycles. The molecule has 0 aromatic heterocycles. The molecule has 0 bridgehead atoms. The number of imide groups is 1. The van der Waals surface area contributed by atoms with E-state index in [2.05, 4.69) is 5.43 Å². The van der Waals surface area contributed by atoms with Crippen LogP contribution in [0.15, 0.2) is 90.9 Å². The van der Waals surface area contributed by atoms with Gasteiger partial charge in [0.25, 0.3) is 17.7 Å². The van der Waals surface area contributed by atoms with Gasteiger partial charge in [0.1, 0.15) is 0 Å². The second-order valence-electron chi connectivity index (χ2n) is 5.31. The van der Waals surface area contributed by atoms with Crippen LogP contribution in [0, 0.1) is 0 Å². The summed E-state index contributed by atoms with van der Waals surface area (Å²) in [6.07, 6.45) is 0. The smallest absolute Gasteiger partial charge is 0.267 e. The van der Waals surface area contributed by atoms with Gasteiger partial charge in [-0.05, 0) is 36.4 Å². The minimum atomic E-state index is -0.838. The molecular weight excluding hydrogens is 328 g/mol. The highest BCUT2D eigenvalue weighted by molar-refractivity contribution is 6.12. The Morgan fingerprint density at radius 3 is 1.69 bits per heavy atom. The van der Waals surface area contributed by atoms with Crippen molar-refractivity contribution >= 4 is 17.7 Å². The van der Waals surface area contributed by atoms with Crippen LogP contribution >= 0.6 is 0 Å². The molecule has 0 fully saturated rings. The van der Waals surface area contributed by atoms with Crippen molar-refractivity contribution in [3.8, 4) is 0 Å². The topological polar surface area (TPSA) is 66.5 Å². The fraction of sp³-hybridized carbons (Fsp3) is 0. The van der Waals surface area contributed by atoms with Crippen LogP contribution in [0.5, 0.6) is 0 Å². The molecular formula is C21H16N2O3. The van der Waals surface area contributed by atoms with Crippen LogP contribution in [-0.2, 0) is 0 Å². The van der Waals surface area contributed by atoms with Gasteiger partial charge < -0.3 is 0 Å². The lowest BCUT2D eigenvalue weighted by atomic mass is 10.1. The number of amides is 3. The number of hydrazine groups is 1. The average Bonchev–Trinajstić information content (AvgIpc) is 2.72. The lowest BCUT2D eigenvalue weighted by Gasteiger charge is -2.21. The lowest BCUT2D eigenvalue weighted by Crippen LogP contribution is -2.49. The van der Waals surface area contributed by atoms with Crippen molar-refractivity contribution in [1.29, 1.82) is 0 Å². The van der Waals surface area contributed by atoms with E-state index < -0.39 is 17.7 Å². The van der Waals surface area contributed by atoms with E-state index in [0.717, 1.165) is 0 Å². The molecule has 3 amide bonds. The maximum Gasteiger partial charge on any atom is 0.279 e. The predicted molar refractivity (Wildman–Crippen MR) is 97.3 cm³/mol. The van der Waals surface area contributed by atoms with Gasteiger partial charge in [-0.15, -0.1) is 0 Å². The molecule has 0 aliphatic carbocycles. The lowest BCUT2D eigenvalue weighted by molar-refractivity contribution is 0.0484. The van der Waals surface area contributed by atoms with Gasteiger partial charge >= 0.3 is 0 Å². The number of hydrogen-bond donors (Lipinski definition) is 1. The van der Waals surface area contributed by atoms with Crippen LogP contribution in [0.25, 0.3) is 0 Å². The molecule has 3 aromatic carbocycles. The van der Waals surface area contributed by atoms with E-state index >= 15 is 0 Å². The summed E-state index contributed by atoms with van der Waals surface area (Å²) in [6, 6.07) is 19.9. The molecule has 0 saturated heterocycles. The van der Waals surface area contributed by atoms with Crippen molar-refractivity contribution in [1.82, 2.24) is 10.4 Å². The van der Waals surface area contributed by atoms with Crippen LogP contribution in [0.4, 0.5) is 0 Å². The zero-order chi connectivity index (χ0) is 20.1. The van der Waals surface area contributed by atoms with Crippen molar-refractivity contribution in [2.75, 3.05) is 0 Å². The number of rotatable bonds is 3. The second-order valence-corrected chi connectivity index (χ2v) is 5.31. The first-order valence-electron chi connectivity index (χ1n) is 8.85. The average molecular weight is 348 g/mol. The molecule has 0 atom stereocenters. The quantitative estimate of drug-likeness (QED) is 0.583. The molecule has 3 rings (SSSR count). The third-order valence-electron chi connectivity index (χ3n) is 3.53. The van der Waals surface area contributed by atoms with Crippen molar-refractivity contribution in [3.05, 3.63) is 108 Å². The molecule has 5 nitrogen and oxygen atoms in total. The number of benzene rings is 3. The standard InChI is InChI=1S/C21H16N2O3/c24-19(16-10-4-1-5-11-16)22-23(20(25)17-12-6-2-7-13-17)21(26)18-14-8-3-9-15-18/h1-15H,(H,22,24)/i10T,12T. The number of carbonyl (C=O) groups is 3. The first-order chi connectivity index (χ1) is 13.5. The summed E-state index contributed by atoms with van der Waals surface area (Å²) in [5.74, 6) is -2.36. The molecule has 0 spiro atoms. The molecule has 3 aromatic rings. The van der Waals surface area contributed by atoms with Gasteiger partial charge in [0.15, 0.2) is 0 Å². The molecule has 0 unspecified atom stereocenters. The highest BCUT2D eigenvalue weighted by Gasteiger charge is 2.26. The molecule has 128 valence electrons. The Balaban J connectivity index is 1.98. The Labute approximate surface area is 153 Å². The first-order valence-corrected chi connectivity index (χ1v) is 7.85. The molecule has 0 saturated carbocycles. The van der Waals surface area contributed by atoms with Gasteiger partial charge in [-0.1, -0.05) is 54.6 Å². The molecule has 5 heteroatoms. The van der Waals surface area contributed by atoms with Gasteiger partial charge in [-0.3, -0.25) is 19.8 Å². The molecule has 0 radical (unpaired) electrons. The zero-order valence-electron chi connectivity index (χ0n) is 15.7. The number of carbonyl (C=O) groups excluding carboxylic acids is 3. The highest BCUT2D eigenvalue weighted by atomic mass is 16.2. The second kappa shape index (κ2) is 7.90. The van der Waals surface area contributed by atoms with Gasteiger partial charge in [0, 0.05) is 16.7 Å². The zero-order valence-corrected chi connectivity index (χ0v) is 13.7. The molecule has 0 aliphatic heterocycles. The first kappa shape index (κ1) is 14.6. The minimum Gasteiger partial charge on any atom is -0.267 e. The van der Waals surface area contributed by atoms with Gasteiger partial charge in [-0.25, -0.2) is 0 Å². The van der Waals surface area contributed by atoms with E-state index in [-0.39, 0.29) is 28.8 Å². The van der Waals surface area contributed by atoms with Crippen molar-refractivity contribution in [3.63, 3.8) is 0 Å². The summed E-state index contributed by atoms with van der Waals surface area (Å²) in [7, 11) is 0. The SMILES string of the molecule is [3H]c1ccccc1C(=O)NN(C(=O)c1ccccc1)C(=O)c1ccccc1[3H]. The Kier molecular flexibility index (Phi) is 4.43. The van der Waals surface area contributed by atoms with E-state index in [9.17, 15) is 14.4 Å². The van der Waals surface area contributed by atoms with Crippen LogP contribution in [0.3, 0.4) is 0 Å². The van der Waals surface area contributed by atoms with E-state index in [4.69, 9.17) is 2.74 Å². The maximum atomic E-state index is 13.0. The number of nitrogens with zero attached hydrogens (tertiary/aromatic N) is 1. The summed E-state index contributed by atoms with van der Waals surface area (Å²) in [6.45, 7) is 0. The third kappa shape index (κ3) is 3.84. The monoisotopic (exact) mass is 348 g/mol. The van der Waals surface area contributed by atoms with E-state index in [1.807, 2.05) is 0 Å². The fourth-order valence-electron chi connectivity index (χ4n) is 2.25. The third-order valence-corrected chi connectivity index (χ3v) is 3.53. The normalized spacial score (nSPS) is 11.1. The summed E-state index contributed by atoms with van der Waals surface area (Å²) >= 11 is 0. The molecule has 1 N–H and O–H groups in total. The molecule has 26 heavy (non-hydrogen) atoms. The van der Waals surface area contributed by atoms with Gasteiger partial charge in [0.05, 0.1) is 2.74 Å². The Bertz CT molecular complexity index is 1040. The van der Waals surface area contributed by atoms with Crippen LogP contribution in [0.1, 0.15) is 33.8 Å². The van der Waals surface area contributed by atoms with Crippen molar-refractivity contribution < 1.29 is 17.1 Å². The number of nitrogens with one attached hydrogen (secondary N) is 1. The Hall–Kier alpha value is -3.73. The Morgan fingerprint density at radius 2 is 1.12 bits per heavy atom. The number of hydrogen-bond acceptors (Lipinski definition) is 3. The van der Waals surface area contributed by atoms with Gasteiger partial charge in [0.2, 0.25) is 0 Å². The largest absolute Gasteiger partial charge is 0.279 e. The highest BCUT2D eigenvalue weighted by Crippen LogP contribution is 2.10. The minimum absolute atomic E-state index is 0.0142. The summed E-state index contributed by atoms with van der Waals surface area (Å²) < 4.78 is 15.8. The van der Waals surface area contributed by atoms with Gasteiger partial charge in [-0.2, -0.15) is 5.01 Å². The van der Waals surface area contributed by atoms with Crippen molar-refractivity contribution in [2.24, 2.45) is 0 Å². The Morgan fingerprint density at radius 1 is 0.654 bits per heavy atom. The van der Waals surface area contributed by atoms with E-state index in [1.54, 1.807) is 42.5 Å². The van der Waals surface area contributed by atoms with E-state index in [1.165, 1.54) is 36.4 Å². The summed E-state index contributed by atoms with van der Waals surface area (Å²) in [4.78, 5) is 38.5. The van der Waals surface area contributed by atoms with Crippen LogP contribution < -0.4 is 5.43 Å². The predicted octanol–water partition coefficient (Wildman–Crippen LogP) is 3.31. The van der Waals surface area contributed by atoms with E-state index in [0.29, 0.717) is 5.01 Å². The summed E-state index contributed by atoms with van der Waals surface area (Å²) in [5.41, 5.74) is 2.46. The van der Waals surface area contributed by atoms with Crippen molar-refractivity contribution in [2.45, 2.75) is 0 Å². The molecule has 0 aliphatic rings. The van der Waals surface area contributed by atoms with Crippen LogP contribution in [-0.4, -0.2) is 22.7 Å². The fourth-order valence-corrected chi connectivity index (χ4v) is 2.25. The summed E-state index contributed by atoms with van der Waals surface area (Å²) in [5, 5.41) is 0.581. The van der Waals surface area contributed by atoms with Crippen LogP contribution in [0.2, 0.25) is 0 Å².